The molecule has 0 atom stereocenters. The van der Waals surface area contributed by atoms with Gasteiger partial charge < -0.3 is 15.4 Å². The molecule has 24 heavy (non-hydrogen) atoms. The van der Waals surface area contributed by atoms with E-state index >= 15 is 0 Å². The van der Waals surface area contributed by atoms with Crippen molar-refractivity contribution in [1.29, 1.82) is 0 Å². The summed E-state index contributed by atoms with van der Waals surface area (Å²) in [7, 11) is 0. The van der Waals surface area contributed by atoms with Gasteiger partial charge in [0.25, 0.3) is 5.69 Å². The fourth-order valence-electron chi connectivity index (χ4n) is 2.04. The molecule has 0 aliphatic rings. The van der Waals surface area contributed by atoms with Crippen molar-refractivity contribution in [3.8, 4) is 0 Å². The Morgan fingerprint density at radius 3 is 2.54 bits per heavy atom. The molecule has 1 aromatic heterocycles. The van der Waals surface area contributed by atoms with E-state index < -0.39 is 10.9 Å². The second kappa shape index (κ2) is 7.55. The summed E-state index contributed by atoms with van der Waals surface area (Å²) >= 11 is 1.18. The minimum atomic E-state index is -0.505. The predicted molar refractivity (Wildman–Crippen MR) is 91.1 cm³/mol. The van der Waals surface area contributed by atoms with Crippen LogP contribution < -0.4 is 10.6 Å². The number of hydrogen-bond acceptors (Lipinski definition) is 7. The molecule has 0 fully saturated rings. The molecule has 0 saturated heterocycles. The smallest absolute Gasteiger partial charge is 0.341 e. The molecule has 1 aromatic carbocycles. The third-order valence-corrected chi connectivity index (χ3v) is 4.29. The number of amides is 1. The molecule has 0 spiro atoms. The molecule has 0 radical (unpaired) electrons. The number of carbonyl (C=O) groups is 2. The van der Waals surface area contributed by atoms with Gasteiger partial charge in [0, 0.05) is 23.4 Å². The van der Waals surface area contributed by atoms with E-state index in [0.717, 1.165) is 0 Å². The van der Waals surface area contributed by atoms with E-state index in [-0.39, 0.29) is 12.3 Å². The minimum Gasteiger partial charge on any atom is -0.462 e. The van der Waals surface area contributed by atoms with E-state index in [2.05, 4.69) is 10.6 Å². The second-order valence-corrected chi connectivity index (χ2v) is 5.69. The molecule has 1 amide bonds. The molecular weight excluding hydrogens is 334 g/mol. The van der Waals surface area contributed by atoms with Crippen LogP contribution in [0.1, 0.15) is 22.8 Å². The fourth-order valence-corrected chi connectivity index (χ4v) is 3.11. The Morgan fingerprint density at radius 2 is 2.00 bits per heavy atom. The predicted octanol–water partition coefficient (Wildman–Crippen LogP) is 3.45. The van der Waals surface area contributed by atoms with Crippen molar-refractivity contribution in [3.63, 3.8) is 0 Å². The van der Waals surface area contributed by atoms with Crippen LogP contribution in [0.4, 0.5) is 21.4 Å². The maximum atomic E-state index is 12.2. The maximum Gasteiger partial charge on any atom is 0.341 e. The molecule has 2 rings (SSSR count). The van der Waals surface area contributed by atoms with Gasteiger partial charge in [-0.25, -0.2) is 4.79 Å². The Balaban J connectivity index is 2.37. The molecule has 0 bridgehead atoms. The van der Waals surface area contributed by atoms with Crippen LogP contribution in [-0.4, -0.2) is 23.9 Å². The first-order valence-electron chi connectivity index (χ1n) is 7.00. The van der Waals surface area contributed by atoms with Gasteiger partial charge in [0.05, 0.1) is 17.1 Å². The highest BCUT2D eigenvalue weighted by atomic mass is 32.1. The maximum absolute atomic E-state index is 12.2. The van der Waals surface area contributed by atoms with E-state index in [1.165, 1.54) is 35.6 Å². The number of carbonyl (C=O) groups excluding carboxylic acids is 2. The Bertz CT molecular complexity index is 770. The van der Waals surface area contributed by atoms with Crippen molar-refractivity contribution in [2.45, 2.75) is 13.8 Å². The van der Waals surface area contributed by atoms with Crippen LogP contribution in [0.2, 0.25) is 0 Å². The summed E-state index contributed by atoms with van der Waals surface area (Å²) in [6.07, 6.45) is 0.531. The van der Waals surface area contributed by atoms with Crippen molar-refractivity contribution in [2.75, 3.05) is 17.2 Å². The van der Waals surface area contributed by atoms with Crippen molar-refractivity contribution in [1.82, 2.24) is 0 Å². The number of nitro groups is 1. The fraction of sp³-hybridized carbons (Fsp3) is 0.200. The Kier molecular flexibility index (Phi) is 5.48. The summed E-state index contributed by atoms with van der Waals surface area (Å²) in [6.45, 7) is 3.63. The summed E-state index contributed by atoms with van der Waals surface area (Å²) < 4.78 is 5.05. The molecule has 0 aliphatic carbocycles. The zero-order valence-corrected chi connectivity index (χ0v) is 13.8. The molecular formula is C15H15N3O5S. The first-order valence-corrected chi connectivity index (χ1v) is 7.81. The summed E-state index contributed by atoms with van der Waals surface area (Å²) in [5.74, 6) is -0.505. The number of anilines is 3. The molecule has 1 heterocycles. The summed E-state index contributed by atoms with van der Waals surface area (Å²) in [4.78, 5) is 33.1. The van der Waals surface area contributed by atoms with E-state index in [1.807, 2.05) is 0 Å². The monoisotopic (exact) mass is 349 g/mol. The van der Waals surface area contributed by atoms with E-state index in [0.29, 0.717) is 33.2 Å². The molecule has 2 N–H and O–H groups in total. The van der Waals surface area contributed by atoms with Gasteiger partial charge in [0.1, 0.15) is 10.0 Å². The minimum absolute atomic E-state index is 0.0307. The van der Waals surface area contributed by atoms with E-state index in [1.54, 1.807) is 13.8 Å². The third kappa shape index (κ3) is 3.69. The van der Waals surface area contributed by atoms with Crippen LogP contribution in [0.15, 0.2) is 24.3 Å². The molecule has 0 saturated carbocycles. The Morgan fingerprint density at radius 1 is 1.33 bits per heavy atom. The number of benzene rings is 1. The molecule has 8 nitrogen and oxygen atoms in total. The number of non-ortho nitro benzene ring substituents is 1. The van der Waals surface area contributed by atoms with Gasteiger partial charge in [-0.15, -0.1) is 0 Å². The third-order valence-electron chi connectivity index (χ3n) is 3.15. The SMILES string of the molecule is CCOC(=O)c1c(Nc2ccc([N+](=O)[O-])cc2)sc(NC=O)c1C. The second-order valence-electron chi connectivity index (χ2n) is 4.67. The standard InChI is InChI=1S/C15H15N3O5S/c1-3-23-15(20)12-9(2)13(16-8-19)24-14(12)17-10-4-6-11(7-5-10)18(21)22/h4-8,17H,3H2,1-2H3,(H,16,19). The van der Waals surface area contributed by atoms with Crippen molar-refractivity contribution in [2.24, 2.45) is 0 Å². The highest BCUT2D eigenvalue weighted by molar-refractivity contribution is 7.20. The zero-order valence-electron chi connectivity index (χ0n) is 13.0. The van der Waals surface area contributed by atoms with Crippen LogP contribution in [0.5, 0.6) is 0 Å². The highest BCUT2D eigenvalue weighted by Gasteiger charge is 2.22. The molecule has 2 aromatic rings. The van der Waals surface area contributed by atoms with Gasteiger partial charge in [-0.3, -0.25) is 14.9 Å². The summed E-state index contributed by atoms with van der Waals surface area (Å²) in [6, 6.07) is 5.79. The molecule has 0 aliphatic heterocycles. The van der Waals surface area contributed by atoms with Gasteiger partial charge in [-0.05, 0) is 26.0 Å². The lowest BCUT2D eigenvalue weighted by Crippen LogP contribution is -2.07. The van der Waals surface area contributed by atoms with Gasteiger partial charge in [0.2, 0.25) is 6.41 Å². The van der Waals surface area contributed by atoms with Crippen molar-refractivity contribution in [3.05, 3.63) is 45.5 Å². The first kappa shape index (κ1) is 17.4. The number of rotatable bonds is 7. The summed E-state index contributed by atoms with van der Waals surface area (Å²) in [5, 5.41) is 17.3. The van der Waals surface area contributed by atoms with Crippen LogP contribution in [0.25, 0.3) is 0 Å². The largest absolute Gasteiger partial charge is 0.462 e. The lowest BCUT2D eigenvalue weighted by Gasteiger charge is -2.07. The Labute approximate surface area is 141 Å². The van der Waals surface area contributed by atoms with Crippen LogP contribution in [0.3, 0.4) is 0 Å². The average Bonchev–Trinajstić information content (AvgIpc) is 2.84. The number of nitro benzene ring substituents is 1. The number of thiophene rings is 1. The van der Waals surface area contributed by atoms with E-state index in [4.69, 9.17) is 4.74 Å². The van der Waals surface area contributed by atoms with Crippen LogP contribution in [0, 0.1) is 17.0 Å². The average molecular weight is 349 g/mol. The van der Waals surface area contributed by atoms with Crippen molar-refractivity contribution < 1.29 is 19.2 Å². The Hall–Kier alpha value is -2.94. The number of nitrogens with zero attached hydrogens (tertiary/aromatic N) is 1. The highest BCUT2D eigenvalue weighted by Crippen LogP contribution is 2.39. The lowest BCUT2D eigenvalue weighted by molar-refractivity contribution is -0.384. The quantitative estimate of drug-likeness (QED) is 0.343. The first-order chi connectivity index (χ1) is 11.5. The number of nitrogens with one attached hydrogen (secondary N) is 2. The normalized spacial score (nSPS) is 10.1. The number of esters is 1. The topological polar surface area (TPSA) is 111 Å². The molecule has 0 unspecified atom stereocenters. The van der Waals surface area contributed by atoms with Gasteiger partial charge >= 0.3 is 5.97 Å². The zero-order chi connectivity index (χ0) is 17.7. The molecule has 9 heteroatoms. The molecule has 126 valence electrons. The number of hydrogen-bond donors (Lipinski definition) is 2. The lowest BCUT2D eigenvalue weighted by atomic mass is 10.2. The number of ether oxygens (including phenoxy) is 1. The van der Waals surface area contributed by atoms with Gasteiger partial charge in [0.15, 0.2) is 0 Å². The van der Waals surface area contributed by atoms with Crippen LogP contribution >= 0.6 is 11.3 Å². The van der Waals surface area contributed by atoms with Crippen LogP contribution in [-0.2, 0) is 9.53 Å². The van der Waals surface area contributed by atoms with E-state index in [9.17, 15) is 19.7 Å². The van der Waals surface area contributed by atoms with Gasteiger partial charge in [-0.2, -0.15) is 0 Å². The van der Waals surface area contributed by atoms with Crippen molar-refractivity contribution >= 4 is 45.1 Å². The van der Waals surface area contributed by atoms with Gasteiger partial charge in [-0.1, -0.05) is 11.3 Å². The summed E-state index contributed by atoms with van der Waals surface area (Å²) in [5.41, 5.74) is 1.46.